The average Bonchev–Trinajstić information content (AvgIpc) is 2.94. The van der Waals surface area contributed by atoms with Gasteiger partial charge in [0.25, 0.3) is 0 Å². The molecule has 1 N–H and O–H groups in total. The van der Waals surface area contributed by atoms with E-state index in [-0.39, 0.29) is 18.2 Å². The Morgan fingerprint density at radius 3 is 2.48 bits per heavy atom. The molecule has 27 heavy (non-hydrogen) atoms. The van der Waals surface area contributed by atoms with Crippen LogP contribution in [0.25, 0.3) is 0 Å². The molecule has 9 heteroatoms. The van der Waals surface area contributed by atoms with Crippen LogP contribution in [0.15, 0.2) is 22.7 Å². The van der Waals surface area contributed by atoms with E-state index in [1.165, 1.54) is 22.7 Å². The highest BCUT2D eigenvalue weighted by Gasteiger charge is 2.18. The molecule has 6 nitrogen and oxygen atoms in total. The molecule has 1 aromatic carbocycles. The minimum absolute atomic E-state index is 0.166. The number of carbonyl (C=O) groups is 2. The van der Waals surface area contributed by atoms with Crippen LogP contribution < -0.4 is 5.32 Å². The van der Waals surface area contributed by atoms with Crippen molar-refractivity contribution in [3.63, 3.8) is 0 Å². The molecule has 0 unspecified atom stereocenters. The number of hydrogen-bond donors (Lipinski definition) is 1. The Balaban J connectivity index is 1.88. The molecule has 2 amide bonds. The minimum atomic E-state index is -0.868. The van der Waals surface area contributed by atoms with Gasteiger partial charge >= 0.3 is 0 Å². The molecule has 0 fully saturated rings. The maximum Gasteiger partial charge on any atom is 0.244 e. The van der Waals surface area contributed by atoms with Crippen LogP contribution in [0.5, 0.6) is 0 Å². The van der Waals surface area contributed by atoms with Crippen molar-refractivity contribution >= 4 is 29.3 Å². The highest BCUT2D eigenvalue weighted by atomic mass is 32.2. The van der Waals surface area contributed by atoms with Gasteiger partial charge in [0.05, 0.1) is 18.0 Å². The summed E-state index contributed by atoms with van der Waals surface area (Å²) in [7, 11) is 0. The Morgan fingerprint density at radius 1 is 1.26 bits per heavy atom. The van der Waals surface area contributed by atoms with Gasteiger partial charge in [0.15, 0.2) is 0 Å². The summed E-state index contributed by atoms with van der Waals surface area (Å²) in [6.07, 6.45) is 0. The Morgan fingerprint density at radius 2 is 1.93 bits per heavy atom. The SMILES string of the molecule is CCN(CC(=O)Nc1c(F)cccc1F)C(=O)CSCc1c(C)noc1C. The van der Waals surface area contributed by atoms with Gasteiger partial charge in [0.1, 0.15) is 23.1 Å². The van der Waals surface area contributed by atoms with Crippen molar-refractivity contribution in [1.29, 1.82) is 0 Å². The Labute approximate surface area is 160 Å². The molecule has 146 valence electrons. The normalized spacial score (nSPS) is 10.7. The number of nitrogens with zero attached hydrogens (tertiary/aromatic N) is 2. The number of para-hydroxylation sites is 1. The topological polar surface area (TPSA) is 75.4 Å². The predicted molar refractivity (Wildman–Crippen MR) is 99.4 cm³/mol. The van der Waals surface area contributed by atoms with E-state index in [4.69, 9.17) is 4.52 Å². The third-order valence-corrected chi connectivity index (χ3v) is 4.89. The van der Waals surface area contributed by atoms with E-state index in [2.05, 4.69) is 10.5 Å². The summed E-state index contributed by atoms with van der Waals surface area (Å²) in [4.78, 5) is 25.7. The Kier molecular flexibility index (Phi) is 7.35. The predicted octanol–water partition coefficient (Wildman–Crippen LogP) is 3.29. The maximum atomic E-state index is 13.6. The third-order valence-electron chi connectivity index (χ3n) is 3.95. The van der Waals surface area contributed by atoms with Gasteiger partial charge in [-0.3, -0.25) is 9.59 Å². The zero-order chi connectivity index (χ0) is 20.0. The first kappa shape index (κ1) is 20.9. The van der Waals surface area contributed by atoms with Crippen molar-refractivity contribution in [3.05, 3.63) is 46.9 Å². The molecule has 0 aliphatic rings. The fraction of sp³-hybridized carbons (Fsp3) is 0.389. The van der Waals surface area contributed by atoms with Crippen LogP contribution in [-0.2, 0) is 15.3 Å². The second-order valence-electron chi connectivity index (χ2n) is 5.85. The minimum Gasteiger partial charge on any atom is -0.361 e. The highest BCUT2D eigenvalue weighted by Crippen LogP contribution is 2.20. The van der Waals surface area contributed by atoms with Gasteiger partial charge in [0, 0.05) is 17.9 Å². The summed E-state index contributed by atoms with van der Waals surface area (Å²) in [6, 6.07) is 3.30. The number of carbonyl (C=O) groups excluding carboxylic acids is 2. The second kappa shape index (κ2) is 9.50. The molecule has 0 saturated carbocycles. The van der Waals surface area contributed by atoms with Crippen LogP contribution >= 0.6 is 11.8 Å². The molecule has 0 bridgehead atoms. The summed E-state index contributed by atoms with van der Waals surface area (Å²) in [5.41, 5.74) is 1.22. The third kappa shape index (κ3) is 5.53. The number of anilines is 1. The number of thioether (sulfide) groups is 1. The first-order chi connectivity index (χ1) is 12.8. The molecule has 0 atom stereocenters. The van der Waals surface area contributed by atoms with E-state index in [1.54, 1.807) is 6.92 Å². The molecular weight excluding hydrogens is 376 g/mol. The van der Waals surface area contributed by atoms with Gasteiger partial charge < -0.3 is 14.7 Å². The molecule has 0 aliphatic carbocycles. The van der Waals surface area contributed by atoms with Gasteiger partial charge in [-0.2, -0.15) is 0 Å². The van der Waals surface area contributed by atoms with Gasteiger partial charge in [0.2, 0.25) is 11.8 Å². The lowest BCUT2D eigenvalue weighted by Crippen LogP contribution is -2.39. The van der Waals surface area contributed by atoms with E-state index in [0.717, 1.165) is 23.4 Å². The number of halogens is 2. The van der Waals surface area contributed by atoms with E-state index in [9.17, 15) is 18.4 Å². The van der Waals surface area contributed by atoms with Crippen LogP contribution in [0.4, 0.5) is 14.5 Å². The first-order valence-corrected chi connectivity index (χ1v) is 9.50. The van der Waals surface area contributed by atoms with Crippen molar-refractivity contribution in [2.45, 2.75) is 26.5 Å². The lowest BCUT2D eigenvalue weighted by atomic mass is 10.2. The zero-order valence-corrected chi connectivity index (χ0v) is 16.2. The molecule has 2 rings (SSSR count). The quantitative estimate of drug-likeness (QED) is 0.740. The van der Waals surface area contributed by atoms with Crippen LogP contribution in [0, 0.1) is 25.5 Å². The fourth-order valence-electron chi connectivity index (χ4n) is 2.39. The Hall–Kier alpha value is -2.42. The largest absolute Gasteiger partial charge is 0.361 e. The van der Waals surface area contributed by atoms with Crippen molar-refractivity contribution in [2.75, 3.05) is 24.2 Å². The molecule has 1 aromatic heterocycles. The van der Waals surface area contributed by atoms with E-state index >= 15 is 0 Å². The summed E-state index contributed by atoms with van der Waals surface area (Å²) in [5, 5.41) is 6.04. The maximum absolute atomic E-state index is 13.6. The van der Waals surface area contributed by atoms with Crippen LogP contribution in [-0.4, -0.2) is 40.7 Å². The molecule has 0 spiro atoms. The summed E-state index contributed by atoms with van der Waals surface area (Å²) >= 11 is 1.38. The molecule has 0 radical (unpaired) electrons. The van der Waals surface area contributed by atoms with Crippen molar-refractivity contribution in [2.24, 2.45) is 0 Å². The van der Waals surface area contributed by atoms with Gasteiger partial charge in [-0.1, -0.05) is 11.2 Å². The second-order valence-corrected chi connectivity index (χ2v) is 6.83. The summed E-state index contributed by atoms with van der Waals surface area (Å²) < 4.78 is 32.3. The molecular formula is C18H21F2N3O3S. The lowest BCUT2D eigenvalue weighted by molar-refractivity contribution is -0.132. The number of aromatic nitrogens is 1. The smallest absolute Gasteiger partial charge is 0.244 e. The number of aryl methyl sites for hydroxylation is 2. The number of hydrogen-bond acceptors (Lipinski definition) is 5. The number of benzene rings is 1. The summed E-state index contributed by atoms with van der Waals surface area (Å²) in [6.45, 7) is 5.39. The number of likely N-dealkylation sites (N-methyl/N-ethyl adjacent to an activating group) is 1. The van der Waals surface area contributed by atoms with Crippen molar-refractivity contribution < 1.29 is 22.9 Å². The average molecular weight is 397 g/mol. The number of rotatable bonds is 8. The van der Waals surface area contributed by atoms with Gasteiger partial charge in [-0.25, -0.2) is 8.78 Å². The van der Waals surface area contributed by atoms with Crippen molar-refractivity contribution in [3.8, 4) is 0 Å². The first-order valence-electron chi connectivity index (χ1n) is 8.34. The Bertz CT molecular complexity index is 786. The zero-order valence-electron chi connectivity index (χ0n) is 15.3. The number of nitrogens with one attached hydrogen (secondary N) is 1. The summed E-state index contributed by atoms with van der Waals surface area (Å²) in [5.74, 6) is -1.19. The standard InChI is InChI=1S/C18H21F2N3O3S/c1-4-23(8-16(24)21-18-14(19)6-5-7-15(18)20)17(25)10-27-9-13-11(2)22-26-12(13)3/h5-7H,4,8-10H2,1-3H3,(H,21,24). The molecule has 1 heterocycles. The van der Waals surface area contributed by atoms with Gasteiger partial charge in [-0.05, 0) is 32.9 Å². The molecule has 0 aliphatic heterocycles. The van der Waals surface area contributed by atoms with E-state index in [1.807, 2.05) is 13.8 Å². The lowest BCUT2D eigenvalue weighted by Gasteiger charge is -2.20. The van der Waals surface area contributed by atoms with Crippen LogP contribution in [0.1, 0.15) is 23.9 Å². The molecule has 0 saturated heterocycles. The van der Waals surface area contributed by atoms with Crippen LogP contribution in [0.2, 0.25) is 0 Å². The van der Waals surface area contributed by atoms with E-state index < -0.39 is 23.2 Å². The van der Waals surface area contributed by atoms with Crippen molar-refractivity contribution in [1.82, 2.24) is 10.1 Å². The fourth-order valence-corrected chi connectivity index (χ4v) is 3.46. The van der Waals surface area contributed by atoms with E-state index in [0.29, 0.717) is 18.1 Å². The number of amides is 2. The highest BCUT2D eigenvalue weighted by molar-refractivity contribution is 7.99. The molecule has 2 aromatic rings. The van der Waals surface area contributed by atoms with Crippen LogP contribution in [0.3, 0.4) is 0 Å². The van der Waals surface area contributed by atoms with Gasteiger partial charge in [-0.15, -0.1) is 11.8 Å². The monoisotopic (exact) mass is 397 g/mol.